The Morgan fingerprint density at radius 1 is 1.40 bits per heavy atom. The van der Waals surface area contributed by atoms with E-state index in [0.29, 0.717) is 23.7 Å². The fourth-order valence-electron chi connectivity index (χ4n) is 2.16. The van der Waals surface area contributed by atoms with E-state index in [1.807, 2.05) is 0 Å². The third-order valence-electron chi connectivity index (χ3n) is 3.38. The predicted octanol–water partition coefficient (Wildman–Crippen LogP) is 1.50. The third-order valence-corrected chi connectivity index (χ3v) is 5.07. The largest absolute Gasteiger partial charge is 0.461 e. The Balaban J connectivity index is 2.28. The summed E-state index contributed by atoms with van der Waals surface area (Å²) >= 11 is 0. The summed E-state index contributed by atoms with van der Waals surface area (Å²) in [6, 6.07) is 0. The lowest BCUT2D eigenvalue weighted by molar-refractivity contribution is 0.0519. The van der Waals surface area contributed by atoms with Gasteiger partial charge in [0.05, 0.1) is 6.61 Å². The first-order valence-corrected chi connectivity index (χ1v) is 8.21. The quantitative estimate of drug-likeness (QED) is 0.779. The maximum absolute atomic E-state index is 12.3. The second-order valence-electron chi connectivity index (χ2n) is 5.09. The molecule has 0 atom stereocenters. The van der Waals surface area contributed by atoms with Crippen molar-refractivity contribution < 1.29 is 17.9 Å². The molecule has 1 aliphatic carbocycles. The number of aromatic nitrogens is 1. The molecule has 1 fully saturated rings. The number of aryl methyl sites for hydroxylation is 1. The first-order chi connectivity index (χ1) is 9.36. The summed E-state index contributed by atoms with van der Waals surface area (Å²) < 4.78 is 32.1. The molecule has 0 amide bonds. The smallest absolute Gasteiger partial charge is 0.355 e. The summed E-state index contributed by atoms with van der Waals surface area (Å²) in [7, 11) is -3.59. The lowest BCUT2D eigenvalue weighted by atomic mass is 10.2. The van der Waals surface area contributed by atoms with Crippen LogP contribution in [0.1, 0.15) is 41.5 Å². The Morgan fingerprint density at radius 3 is 2.60 bits per heavy atom. The van der Waals surface area contributed by atoms with Gasteiger partial charge < -0.3 is 9.72 Å². The first kappa shape index (κ1) is 15.1. The van der Waals surface area contributed by atoms with E-state index in [9.17, 15) is 13.2 Å². The fourth-order valence-corrected chi connectivity index (χ4v) is 3.72. The molecule has 0 radical (unpaired) electrons. The van der Waals surface area contributed by atoms with Crippen LogP contribution in [-0.4, -0.2) is 32.5 Å². The Kier molecular flexibility index (Phi) is 4.19. The van der Waals surface area contributed by atoms with Crippen LogP contribution in [0.25, 0.3) is 0 Å². The minimum Gasteiger partial charge on any atom is -0.461 e. The van der Waals surface area contributed by atoms with Gasteiger partial charge in [-0.25, -0.2) is 17.9 Å². The SMILES string of the molecule is CCOC(=O)c1[nH]c(C)c(S(=O)(=O)NCC2CC2)c1C. The van der Waals surface area contributed by atoms with E-state index in [2.05, 4.69) is 9.71 Å². The predicted molar refractivity (Wildman–Crippen MR) is 74.1 cm³/mol. The number of H-pyrrole nitrogens is 1. The summed E-state index contributed by atoms with van der Waals surface area (Å²) in [6.07, 6.45) is 2.14. The molecule has 2 rings (SSSR count). The lowest BCUT2D eigenvalue weighted by Crippen LogP contribution is -2.26. The van der Waals surface area contributed by atoms with Gasteiger partial charge in [0.15, 0.2) is 0 Å². The van der Waals surface area contributed by atoms with Crippen LogP contribution in [-0.2, 0) is 14.8 Å². The van der Waals surface area contributed by atoms with E-state index in [-0.39, 0.29) is 17.2 Å². The fraction of sp³-hybridized carbons (Fsp3) is 0.615. The topological polar surface area (TPSA) is 88.3 Å². The maximum Gasteiger partial charge on any atom is 0.355 e. The van der Waals surface area contributed by atoms with Gasteiger partial charge >= 0.3 is 5.97 Å². The monoisotopic (exact) mass is 300 g/mol. The van der Waals surface area contributed by atoms with Crippen LogP contribution < -0.4 is 4.72 Å². The van der Waals surface area contributed by atoms with Crippen molar-refractivity contribution >= 4 is 16.0 Å². The Hall–Kier alpha value is -1.34. The molecule has 0 aliphatic heterocycles. The van der Waals surface area contributed by atoms with Crippen LogP contribution in [0.4, 0.5) is 0 Å². The van der Waals surface area contributed by atoms with Gasteiger partial charge in [0, 0.05) is 17.8 Å². The molecule has 20 heavy (non-hydrogen) atoms. The minimum absolute atomic E-state index is 0.154. The molecule has 0 bridgehead atoms. The lowest BCUT2D eigenvalue weighted by Gasteiger charge is -2.07. The zero-order valence-corrected chi connectivity index (χ0v) is 12.8. The van der Waals surface area contributed by atoms with Crippen molar-refractivity contribution in [1.82, 2.24) is 9.71 Å². The van der Waals surface area contributed by atoms with Crippen molar-refractivity contribution in [3.63, 3.8) is 0 Å². The van der Waals surface area contributed by atoms with E-state index in [1.165, 1.54) is 0 Å². The molecule has 1 aliphatic rings. The normalized spacial score (nSPS) is 15.3. The zero-order valence-electron chi connectivity index (χ0n) is 11.9. The molecular formula is C13H20N2O4S. The van der Waals surface area contributed by atoms with E-state index in [4.69, 9.17) is 4.74 Å². The van der Waals surface area contributed by atoms with Crippen molar-refractivity contribution in [2.75, 3.05) is 13.2 Å². The Labute approximate surface area is 119 Å². The number of carbonyl (C=O) groups excluding carboxylic acids is 1. The van der Waals surface area contributed by atoms with Crippen molar-refractivity contribution in [2.24, 2.45) is 5.92 Å². The Bertz CT molecular complexity index is 615. The highest BCUT2D eigenvalue weighted by Gasteiger charge is 2.29. The van der Waals surface area contributed by atoms with Gasteiger partial charge in [-0.1, -0.05) is 0 Å². The number of aromatic amines is 1. The molecule has 1 aromatic rings. The highest BCUT2D eigenvalue weighted by atomic mass is 32.2. The molecule has 0 spiro atoms. The van der Waals surface area contributed by atoms with Gasteiger partial charge in [-0.2, -0.15) is 0 Å². The third kappa shape index (κ3) is 3.04. The second-order valence-corrected chi connectivity index (χ2v) is 6.80. The summed E-state index contributed by atoms with van der Waals surface area (Å²) in [5.41, 5.74) is 1.06. The number of ether oxygens (including phenoxy) is 1. The molecule has 112 valence electrons. The molecule has 7 heteroatoms. The molecule has 0 aromatic carbocycles. The Morgan fingerprint density at radius 2 is 2.05 bits per heavy atom. The van der Waals surface area contributed by atoms with Gasteiger partial charge in [-0.15, -0.1) is 0 Å². The van der Waals surface area contributed by atoms with Crippen LogP contribution in [0.3, 0.4) is 0 Å². The van der Waals surface area contributed by atoms with Crippen molar-refractivity contribution in [3.8, 4) is 0 Å². The standard InChI is InChI=1S/C13H20N2O4S/c1-4-19-13(16)11-8(2)12(9(3)15-11)20(17,18)14-7-10-5-6-10/h10,14-15H,4-7H2,1-3H3. The average molecular weight is 300 g/mol. The van der Waals surface area contributed by atoms with Crippen LogP contribution in [0.2, 0.25) is 0 Å². The number of carbonyl (C=O) groups is 1. The number of nitrogens with one attached hydrogen (secondary N) is 2. The van der Waals surface area contributed by atoms with E-state index >= 15 is 0 Å². The van der Waals surface area contributed by atoms with Crippen molar-refractivity contribution in [1.29, 1.82) is 0 Å². The van der Waals surface area contributed by atoms with Crippen molar-refractivity contribution in [2.45, 2.75) is 38.5 Å². The molecule has 2 N–H and O–H groups in total. The summed E-state index contributed by atoms with van der Waals surface area (Å²) in [5.74, 6) is -0.0781. The van der Waals surface area contributed by atoms with Gasteiger partial charge in [-0.3, -0.25) is 0 Å². The summed E-state index contributed by atoms with van der Waals surface area (Å²) in [6.45, 7) is 5.67. The molecule has 1 heterocycles. The molecular weight excluding hydrogens is 280 g/mol. The van der Waals surface area contributed by atoms with E-state index in [0.717, 1.165) is 12.8 Å². The van der Waals surface area contributed by atoms with Gasteiger partial charge in [0.2, 0.25) is 10.0 Å². The minimum atomic E-state index is -3.59. The number of hydrogen-bond acceptors (Lipinski definition) is 4. The number of hydrogen-bond donors (Lipinski definition) is 2. The molecule has 6 nitrogen and oxygen atoms in total. The van der Waals surface area contributed by atoms with E-state index in [1.54, 1.807) is 20.8 Å². The molecule has 1 saturated carbocycles. The molecule has 0 unspecified atom stereocenters. The second kappa shape index (κ2) is 5.57. The highest BCUT2D eigenvalue weighted by molar-refractivity contribution is 7.89. The van der Waals surface area contributed by atoms with Crippen LogP contribution in [0.5, 0.6) is 0 Å². The van der Waals surface area contributed by atoms with E-state index < -0.39 is 16.0 Å². The summed E-state index contributed by atoms with van der Waals surface area (Å²) in [5, 5.41) is 0. The number of rotatable bonds is 6. The van der Waals surface area contributed by atoms with Crippen LogP contribution in [0, 0.1) is 19.8 Å². The number of esters is 1. The van der Waals surface area contributed by atoms with Crippen LogP contribution in [0.15, 0.2) is 4.90 Å². The number of sulfonamides is 1. The summed E-state index contributed by atoms with van der Waals surface area (Å²) in [4.78, 5) is 14.7. The highest BCUT2D eigenvalue weighted by Crippen LogP contribution is 2.29. The average Bonchev–Trinajstić information content (AvgIpc) is 3.12. The zero-order chi connectivity index (χ0) is 14.9. The molecule has 0 saturated heterocycles. The molecule has 1 aromatic heterocycles. The van der Waals surface area contributed by atoms with Crippen LogP contribution >= 0.6 is 0 Å². The van der Waals surface area contributed by atoms with Crippen molar-refractivity contribution in [3.05, 3.63) is 17.0 Å². The van der Waals surface area contributed by atoms with Gasteiger partial charge in [0.1, 0.15) is 10.6 Å². The van der Waals surface area contributed by atoms with Gasteiger partial charge in [0.25, 0.3) is 0 Å². The first-order valence-electron chi connectivity index (χ1n) is 6.72. The maximum atomic E-state index is 12.3. The van der Waals surface area contributed by atoms with Gasteiger partial charge in [-0.05, 0) is 39.5 Å².